The molecule has 1 aromatic carbocycles. The van der Waals surface area contributed by atoms with Gasteiger partial charge >= 0.3 is 0 Å². The number of anilines is 2. The fraction of sp³-hybridized carbons (Fsp3) is 0.391. The van der Waals surface area contributed by atoms with Gasteiger partial charge in [0, 0.05) is 49.1 Å². The highest BCUT2D eigenvalue weighted by Crippen LogP contribution is 2.35. The average Bonchev–Trinajstić information content (AvgIpc) is 2.80. The standard InChI is InChI=1S/C22H28N4O2.CH5N/c1-5-18-20(25-15(2)3)19(14-24-21(18)23-4)16-6-8-17(9-7-16)22(27)26-10-12-28-13-11-26;1-2/h5-9,14-15H,1,10-13H2,2-4H3,(H2,23,24,25);2H2,1H3. The third-order valence-corrected chi connectivity index (χ3v) is 4.73. The Labute approximate surface area is 179 Å². The van der Waals surface area contributed by atoms with Crippen molar-refractivity contribution in [1.29, 1.82) is 0 Å². The number of rotatable bonds is 6. The van der Waals surface area contributed by atoms with Gasteiger partial charge in [0.05, 0.1) is 18.9 Å². The number of hydrogen-bond donors (Lipinski definition) is 3. The van der Waals surface area contributed by atoms with Crippen molar-refractivity contribution in [3.8, 4) is 11.1 Å². The quantitative estimate of drug-likeness (QED) is 0.675. The van der Waals surface area contributed by atoms with Crippen LogP contribution >= 0.6 is 0 Å². The predicted molar refractivity (Wildman–Crippen MR) is 125 cm³/mol. The molecule has 2 heterocycles. The predicted octanol–water partition coefficient (Wildman–Crippen LogP) is 3.30. The summed E-state index contributed by atoms with van der Waals surface area (Å²) >= 11 is 0. The van der Waals surface area contributed by atoms with Gasteiger partial charge in [0.25, 0.3) is 5.91 Å². The van der Waals surface area contributed by atoms with Gasteiger partial charge in [0.1, 0.15) is 5.82 Å². The summed E-state index contributed by atoms with van der Waals surface area (Å²) in [5.74, 6) is 0.826. The Morgan fingerprint density at radius 3 is 2.40 bits per heavy atom. The van der Waals surface area contributed by atoms with Crippen LogP contribution in [-0.4, -0.2) is 62.2 Å². The number of hydrogen-bond acceptors (Lipinski definition) is 6. The molecule has 1 fully saturated rings. The first-order valence-corrected chi connectivity index (χ1v) is 10.2. The molecule has 1 saturated heterocycles. The van der Waals surface area contributed by atoms with E-state index in [1.54, 1.807) is 0 Å². The molecule has 0 unspecified atom stereocenters. The molecule has 7 nitrogen and oxygen atoms in total. The number of aromatic nitrogens is 1. The smallest absolute Gasteiger partial charge is 0.254 e. The lowest BCUT2D eigenvalue weighted by atomic mass is 10.00. The van der Waals surface area contributed by atoms with Crippen LogP contribution in [0.5, 0.6) is 0 Å². The lowest BCUT2D eigenvalue weighted by Gasteiger charge is -2.27. The molecular weight excluding hydrogens is 378 g/mol. The summed E-state index contributed by atoms with van der Waals surface area (Å²) in [7, 11) is 3.35. The van der Waals surface area contributed by atoms with Crippen molar-refractivity contribution < 1.29 is 9.53 Å². The van der Waals surface area contributed by atoms with Crippen LogP contribution in [-0.2, 0) is 4.74 Å². The second-order valence-corrected chi connectivity index (χ2v) is 7.04. The minimum Gasteiger partial charge on any atom is -0.382 e. The van der Waals surface area contributed by atoms with Gasteiger partial charge in [-0.25, -0.2) is 4.98 Å². The molecule has 0 bridgehead atoms. The maximum Gasteiger partial charge on any atom is 0.254 e. The molecule has 0 atom stereocenters. The summed E-state index contributed by atoms with van der Waals surface area (Å²) in [5.41, 5.74) is 9.08. The number of carbonyl (C=O) groups is 1. The van der Waals surface area contributed by atoms with E-state index in [-0.39, 0.29) is 11.9 Å². The van der Waals surface area contributed by atoms with Crippen molar-refractivity contribution >= 4 is 23.5 Å². The molecule has 1 aromatic heterocycles. The van der Waals surface area contributed by atoms with Gasteiger partial charge in [0.15, 0.2) is 0 Å². The first-order valence-electron chi connectivity index (χ1n) is 10.2. The van der Waals surface area contributed by atoms with E-state index in [2.05, 4.69) is 41.8 Å². The monoisotopic (exact) mass is 411 g/mol. The normalized spacial score (nSPS) is 13.3. The van der Waals surface area contributed by atoms with Gasteiger partial charge in [-0.3, -0.25) is 4.79 Å². The maximum atomic E-state index is 12.7. The molecule has 162 valence electrons. The van der Waals surface area contributed by atoms with E-state index in [1.807, 2.05) is 48.5 Å². The van der Waals surface area contributed by atoms with E-state index < -0.39 is 0 Å². The summed E-state index contributed by atoms with van der Waals surface area (Å²) in [6, 6.07) is 7.97. The molecular formula is C23H33N5O2. The summed E-state index contributed by atoms with van der Waals surface area (Å²) in [6.45, 7) is 10.6. The Kier molecular flexibility index (Phi) is 8.83. The second kappa shape index (κ2) is 11.3. The number of nitrogens with zero attached hydrogens (tertiary/aromatic N) is 2. The van der Waals surface area contributed by atoms with Crippen molar-refractivity contribution in [2.45, 2.75) is 19.9 Å². The Balaban J connectivity index is 0.00000155. The molecule has 7 heteroatoms. The molecule has 0 spiro atoms. The zero-order chi connectivity index (χ0) is 22.1. The van der Waals surface area contributed by atoms with Gasteiger partial charge in [-0.05, 0) is 38.6 Å². The third-order valence-electron chi connectivity index (χ3n) is 4.73. The van der Waals surface area contributed by atoms with E-state index in [9.17, 15) is 4.79 Å². The highest BCUT2D eigenvalue weighted by molar-refractivity contribution is 5.95. The lowest BCUT2D eigenvalue weighted by molar-refractivity contribution is 0.0303. The number of benzene rings is 1. The molecule has 3 rings (SSSR count). The highest BCUT2D eigenvalue weighted by Gasteiger charge is 2.19. The number of morpholine rings is 1. The fourth-order valence-corrected chi connectivity index (χ4v) is 3.33. The van der Waals surface area contributed by atoms with Gasteiger partial charge in [-0.1, -0.05) is 24.8 Å². The van der Waals surface area contributed by atoms with Crippen LogP contribution in [0, 0.1) is 0 Å². The summed E-state index contributed by atoms with van der Waals surface area (Å²) in [4.78, 5) is 19.0. The number of carbonyl (C=O) groups excluding carboxylic acids is 1. The van der Waals surface area contributed by atoms with Crippen molar-refractivity contribution in [2.24, 2.45) is 5.73 Å². The van der Waals surface area contributed by atoms with Crippen LogP contribution < -0.4 is 16.4 Å². The largest absolute Gasteiger partial charge is 0.382 e. The fourth-order valence-electron chi connectivity index (χ4n) is 3.33. The molecule has 0 aliphatic carbocycles. The topological polar surface area (TPSA) is 92.5 Å². The van der Waals surface area contributed by atoms with Gasteiger partial charge in [-0.15, -0.1) is 0 Å². The van der Waals surface area contributed by atoms with Crippen LogP contribution in [0.2, 0.25) is 0 Å². The number of ether oxygens (including phenoxy) is 1. The Morgan fingerprint density at radius 1 is 1.23 bits per heavy atom. The Bertz CT molecular complexity index is 843. The summed E-state index contributed by atoms with van der Waals surface area (Å²) in [5, 5.41) is 6.63. The Morgan fingerprint density at radius 2 is 1.87 bits per heavy atom. The third kappa shape index (κ3) is 5.37. The van der Waals surface area contributed by atoms with E-state index in [4.69, 9.17) is 4.74 Å². The minimum atomic E-state index is 0.0471. The lowest BCUT2D eigenvalue weighted by Crippen LogP contribution is -2.40. The van der Waals surface area contributed by atoms with E-state index >= 15 is 0 Å². The number of nitrogens with one attached hydrogen (secondary N) is 2. The number of pyridine rings is 1. The van der Waals surface area contributed by atoms with Crippen LogP contribution in [0.3, 0.4) is 0 Å². The maximum absolute atomic E-state index is 12.7. The highest BCUT2D eigenvalue weighted by atomic mass is 16.5. The zero-order valence-electron chi connectivity index (χ0n) is 18.4. The molecule has 1 aliphatic rings. The van der Waals surface area contributed by atoms with Crippen LogP contribution in [0.25, 0.3) is 17.2 Å². The SMILES string of the molecule is C=Cc1c(NC)ncc(-c2ccc(C(=O)N3CCOCC3)cc2)c1NC(C)C.CN. The first kappa shape index (κ1) is 23.4. The molecule has 2 aromatic rings. The Hall–Kier alpha value is -2.90. The van der Waals surface area contributed by atoms with E-state index in [0.29, 0.717) is 31.9 Å². The van der Waals surface area contributed by atoms with E-state index in [0.717, 1.165) is 28.2 Å². The van der Waals surface area contributed by atoms with Crippen LogP contribution in [0.4, 0.5) is 11.5 Å². The van der Waals surface area contributed by atoms with Crippen molar-refractivity contribution in [3.63, 3.8) is 0 Å². The molecule has 1 aliphatic heterocycles. The van der Waals surface area contributed by atoms with Crippen LogP contribution in [0.15, 0.2) is 37.0 Å². The van der Waals surface area contributed by atoms with Crippen molar-refractivity contribution in [3.05, 3.63) is 48.2 Å². The molecule has 0 radical (unpaired) electrons. The summed E-state index contributed by atoms with van der Waals surface area (Å²) in [6.07, 6.45) is 3.66. The van der Waals surface area contributed by atoms with Crippen molar-refractivity contribution in [2.75, 3.05) is 51.0 Å². The summed E-state index contributed by atoms with van der Waals surface area (Å²) < 4.78 is 5.33. The van der Waals surface area contributed by atoms with Gasteiger partial charge < -0.3 is 26.0 Å². The average molecular weight is 412 g/mol. The van der Waals surface area contributed by atoms with Gasteiger partial charge in [0.2, 0.25) is 0 Å². The van der Waals surface area contributed by atoms with Crippen molar-refractivity contribution in [1.82, 2.24) is 9.88 Å². The number of amides is 1. The zero-order valence-corrected chi connectivity index (χ0v) is 18.4. The molecule has 0 saturated carbocycles. The van der Waals surface area contributed by atoms with E-state index in [1.165, 1.54) is 7.05 Å². The van der Waals surface area contributed by atoms with Crippen LogP contribution in [0.1, 0.15) is 29.8 Å². The molecule has 1 amide bonds. The molecule has 30 heavy (non-hydrogen) atoms. The second-order valence-electron chi connectivity index (χ2n) is 7.04. The van der Waals surface area contributed by atoms with Gasteiger partial charge in [-0.2, -0.15) is 0 Å². The minimum absolute atomic E-state index is 0.0471. The first-order chi connectivity index (χ1) is 14.5. The number of nitrogens with two attached hydrogens (primary N) is 1. The molecule has 4 N–H and O–H groups in total.